The predicted octanol–water partition coefficient (Wildman–Crippen LogP) is 3.80. The number of rotatable bonds is 3. The molecule has 0 bridgehead atoms. The SMILES string of the molecule is C[C@H](c1cccs1)N1CCC(NC(=O)OC(C)(C)C)CC1. The summed E-state index contributed by atoms with van der Waals surface area (Å²) in [5, 5.41) is 5.11. The molecule has 1 aliphatic rings. The second-order valence-corrected chi connectivity index (χ2v) is 7.63. The second kappa shape index (κ2) is 6.79. The number of nitrogens with zero attached hydrogens (tertiary/aromatic N) is 1. The highest BCUT2D eigenvalue weighted by Crippen LogP contribution is 2.27. The maximum atomic E-state index is 11.8. The molecule has 0 aromatic carbocycles. The van der Waals surface area contributed by atoms with Gasteiger partial charge in [-0.1, -0.05) is 6.07 Å². The molecule has 0 aliphatic carbocycles. The van der Waals surface area contributed by atoms with E-state index in [2.05, 4.69) is 34.7 Å². The van der Waals surface area contributed by atoms with Gasteiger partial charge in [-0.25, -0.2) is 4.79 Å². The third-order valence-electron chi connectivity index (χ3n) is 3.75. The van der Waals surface area contributed by atoms with Crippen LogP contribution in [0.25, 0.3) is 0 Å². The third kappa shape index (κ3) is 5.00. The molecule has 0 saturated carbocycles. The highest BCUT2D eigenvalue weighted by atomic mass is 32.1. The number of thiophene rings is 1. The Hall–Kier alpha value is -1.07. The van der Waals surface area contributed by atoms with Crippen molar-refractivity contribution < 1.29 is 9.53 Å². The van der Waals surface area contributed by atoms with Crippen molar-refractivity contribution in [3.8, 4) is 0 Å². The Morgan fingerprint density at radius 1 is 1.43 bits per heavy atom. The molecule has 4 nitrogen and oxygen atoms in total. The van der Waals surface area contributed by atoms with Gasteiger partial charge in [-0.15, -0.1) is 11.3 Å². The standard InChI is InChI=1S/C16H26N2O2S/c1-12(14-6-5-11-21-14)18-9-7-13(8-10-18)17-15(19)20-16(2,3)4/h5-6,11-13H,7-10H2,1-4H3,(H,17,19)/t12-/m1/s1. The van der Waals surface area contributed by atoms with E-state index >= 15 is 0 Å². The zero-order chi connectivity index (χ0) is 15.5. The van der Waals surface area contributed by atoms with E-state index in [0.29, 0.717) is 6.04 Å². The first kappa shape index (κ1) is 16.3. The molecule has 118 valence electrons. The number of alkyl carbamates (subject to hydrolysis) is 1. The summed E-state index contributed by atoms with van der Waals surface area (Å²) in [5.74, 6) is 0. The minimum Gasteiger partial charge on any atom is -0.444 e. The molecule has 1 aromatic rings. The highest BCUT2D eigenvalue weighted by molar-refractivity contribution is 7.10. The van der Waals surface area contributed by atoms with Gasteiger partial charge in [0.15, 0.2) is 0 Å². The summed E-state index contributed by atoms with van der Waals surface area (Å²) in [5.41, 5.74) is -0.432. The molecule has 1 N–H and O–H groups in total. The maximum Gasteiger partial charge on any atom is 0.407 e. The number of amides is 1. The monoisotopic (exact) mass is 310 g/mol. The van der Waals surface area contributed by atoms with Crippen LogP contribution in [0.5, 0.6) is 0 Å². The lowest BCUT2D eigenvalue weighted by molar-refractivity contribution is 0.0470. The Labute approximate surface area is 131 Å². The average Bonchev–Trinajstić information content (AvgIpc) is 2.90. The summed E-state index contributed by atoms with van der Waals surface area (Å²) in [7, 11) is 0. The van der Waals surface area contributed by atoms with Crippen molar-refractivity contribution >= 4 is 17.4 Å². The molecule has 1 fully saturated rings. The number of hydrogen-bond donors (Lipinski definition) is 1. The van der Waals surface area contributed by atoms with E-state index < -0.39 is 5.60 Å². The first-order valence-electron chi connectivity index (χ1n) is 7.62. The smallest absolute Gasteiger partial charge is 0.407 e. The molecule has 1 aromatic heterocycles. The van der Waals surface area contributed by atoms with Crippen molar-refractivity contribution in [3.63, 3.8) is 0 Å². The second-order valence-electron chi connectivity index (χ2n) is 6.65. The summed E-state index contributed by atoms with van der Waals surface area (Å²) in [6.45, 7) is 9.94. The van der Waals surface area contributed by atoms with Crippen molar-refractivity contribution in [1.29, 1.82) is 0 Å². The van der Waals surface area contributed by atoms with E-state index in [-0.39, 0.29) is 12.1 Å². The molecular weight excluding hydrogens is 284 g/mol. The van der Waals surface area contributed by atoms with Crippen molar-refractivity contribution in [2.24, 2.45) is 0 Å². The summed E-state index contributed by atoms with van der Waals surface area (Å²) < 4.78 is 5.31. The maximum absolute atomic E-state index is 11.8. The molecule has 2 rings (SSSR count). The Balaban J connectivity index is 1.77. The van der Waals surface area contributed by atoms with Crippen molar-refractivity contribution in [1.82, 2.24) is 10.2 Å². The van der Waals surface area contributed by atoms with Crippen LogP contribution in [0.15, 0.2) is 17.5 Å². The first-order valence-corrected chi connectivity index (χ1v) is 8.50. The van der Waals surface area contributed by atoms with Crippen LogP contribution in [0, 0.1) is 0 Å². The van der Waals surface area contributed by atoms with Gasteiger partial charge in [-0.05, 0) is 52.0 Å². The Kier molecular flexibility index (Phi) is 5.27. The first-order chi connectivity index (χ1) is 9.85. The number of ether oxygens (including phenoxy) is 1. The van der Waals surface area contributed by atoms with Crippen LogP contribution in [0.3, 0.4) is 0 Å². The predicted molar refractivity (Wildman–Crippen MR) is 86.7 cm³/mol. The van der Waals surface area contributed by atoms with Gasteiger partial charge in [0.25, 0.3) is 0 Å². The fourth-order valence-corrected chi connectivity index (χ4v) is 3.43. The number of carbonyl (C=O) groups is 1. The fraction of sp³-hybridized carbons (Fsp3) is 0.688. The lowest BCUT2D eigenvalue weighted by Gasteiger charge is -2.36. The number of carbonyl (C=O) groups excluding carboxylic acids is 1. The van der Waals surface area contributed by atoms with Gasteiger partial charge in [-0.3, -0.25) is 4.90 Å². The van der Waals surface area contributed by atoms with Gasteiger partial charge in [0.2, 0.25) is 0 Å². The van der Waals surface area contributed by atoms with Crippen LogP contribution in [0.1, 0.15) is 51.5 Å². The molecule has 21 heavy (non-hydrogen) atoms. The number of likely N-dealkylation sites (tertiary alicyclic amines) is 1. The number of hydrogen-bond acceptors (Lipinski definition) is 4. The zero-order valence-corrected chi connectivity index (χ0v) is 14.2. The quantitative estimate of drug-likeness (QED) is 0.923. The number of nitrogens with one attached hydrogen (secondary N) is 1. The fourth-order valence-electron chi connectivity index (χ4n) is 2.61. The van der Waals surface area contributed by atoms with Gasteiger partial charge >= 0.3 is 6.09 Å². The van der Waals surface area contributed by atoms with E-state index in [0.717, 1.165) is 25.9 Å². The molecular formula is C16H26N2O2S. The van der Waals surface area contributed by atoms with E-state index in [1.54, 1.807) is 0 Å². The van der Waals surface area contributed by atoms with Gasteiger partial charge in [0.1, 0.15) is 5.60 Å². The van der Waals surface area contributed by atoms with Crippen LogP contribution in [0.4, 0.5) is 4.79 Å². The van der Waals surface area contributed by atoms with Crippen LogP contribution >= 0.6 is 11.3 Å². The molecule has 0 unspecified atom stereocenters. The molecule has 5 heteroatoms. The normalized spacial score (nSPS) is 19.2. The summed E-state index contributed by atoms with van der Waals surface area (Å²) in [4.78, 5) is 15.7. The molecule has 0 radical (unpaired) electrons. The molecule has 1 saturated heterocycles. The lowest BCUT2D eigenvalue weighted by atomic mass is 10.0. The van der Waals surface area contributed by atoms with Gasteiger partial charge in [0.05, 0.1) is 0 Å². The molecule has 2 heterocycles. The summed E-state index contributed by atoms with van der Waals surface area (Å²) >= 11 is 1.81. The van der Waals surface area contributed by atoms with E-state index in [1.165, 1.54) is 4.88 Å². The van der Waals surface area contributed by atoms with E-state index in [4.69, 9.17) is 4.74 Å². The average molecular weight is 310 g/mol. The van der Waals surface area contributed by atoms with E-state index in [1.807, 2.05) is 32.1 Å². The van der Waals surface area contributed by atoms with Crippen LogP contribution in [-0.2, 0) is 4.74 Å². The molecule has 1 aliphatic heterocycles. The zero-order valence-electron chi connectivity index (χ0n) is 13.4. The van der Waals surface area contributed by atoms with Crippen molar-refractivity contribution in [3.05, 3.63) is 22.4 Å². The lowest BCUT2D eigenvalue weighted by Crippen LogP contribution is -2.46. The third-order valence-corrected chi connectivity index (χ3v) is 4.80. The molecule has 1 amide bonds. The largest absolute Gasteiger partial charge is 0.444 e. The Bertz CT molecular complexity index is 445. The molecule has 0 spiro atoms. The Morgan fingerprint density at radius 2 is 2.10 bits per heavy atom. The minimum atomic E-state index is -0.432. The van der Waals surface area contributed by atoms with Gasteiger partial charge < -0.3 is 10.1 Å². The van der Waals surface area contributed by atoms with Crippen LogP contribution in [0.2, 0.25) is 0 Å². The topological polar surface area (TPSA) is 41.6 Å². The highest BCUT2D eigenvalue weighted by Gasteiger charge is 2.26. The van der Waals surface area contributed by atoms with Crippen molar-refractivity contribution in [2.45, 2.75) is 58.2 Å². The summed E-state index contributed by atoms with van der Waals surface area (Å²) in [6.07, 6.45) is 1.66. The van der Waals surface area contributed by atoms with Gasteiger partial charge in [-0.2, -0.15) is 0 Å². The van der Waals surface area contributed by atoms with Crippen LogP contribution < -0.4 is 5.32 Å². The van der Waals surface area contributed by atoms with E-state index in [9.17, 15) is 4.79 Å². The summed E-state index contributed by atoms with van der Waals surface area (Å²) in [6, 6.07) is 4.99. The number of piperidine rings is 1. The van der Waals surface area contributed by atoms with Gasteiger partial charge in [0, 0.05) is 30.1 Å². The Morgan fingerprint density at radius 3 is 2.62 bits per heavy atom. The molecule has 1 atom stereocenters. The van der Waals surface area contributed by atoms with Crippen LogP contribution in [-0.4, -0.2) is 35.7 Å². The van der Waals surface area contributed by atoms with Crippen molar-refractivity contribution in [2.75, 3.05) is 13.1 Å². The minimum absolute atomic E-state index is 0.228.